The number of aryl methyl sites for hydroxylation is 1. The molecule has 0 aromatic heterocycles. The zero-order chi connectivity index (χ0) is 19.4. The lowest BCUT2D eigenvalue weighted by Gasteiger charge is -2.35. The molecule has 1 aliphatic rings. The molecule has 0 atom stereocenters. The second kappa shape index (κ2) is 8.20. The molecule has 2 aromatic rings. The van der Waals surface area contributed by atoms with E-state index in [4.69, 9.17) is 4.74 Å². The molecule has 0 unspecified atom stereocenters. The molecule has 0 bridgehead atoms. The van der Waals surface area contributed by atoms with Crippen molar-refractivity contribution in [2.75, 3.05) is 33.3 Å². The summed E-state index contributed by atoms with van der Waals surface area (Å²) in [5.74, 6) is 0.225. The number of methoxy groups -OCH3 is 1. The molecule has 0 spiro atoms. The van der Waals surface area contributed by atoms with Crippen molar-refractivity contribution < 1.29 is 18.7 Å². The number of carbonyl (C=O) groups is 2. The fourth-order valence-corrected chi connectivity index (χ4v) is 3.25. The van der Waals surface area contributed by atoms with Crippen LogP contribution in [-0.4, -0.2) is 54.9 Å². The summed E-state index contributed by atoms with van der Waals surface area (Å²) in [6.07, 6.45) is 0.275. The first-order valence-corrected chi connectivity index (χ1v) is 8.94. The second-order valence-electron chi connectivity index (χ2n) is 6.67. The van der Waals surface area contributed by atoms with E-state index in [2.05, 4.69) is 0 Å². The van der Waals surface area contributed by atoms with Crippen molar-refractivity contribution in [3.05, 3.63) is 65.0 Å². The molecule has 27 heavy (non-hydrogen) atoms. The van der Waals surface area contributed by atoms with Gasteiger partial charge in [0.2, 0.25) is 5.91 Å². The van der Waals surface area contributed by atoms with Crippen molar-refractivity contribution in [1.29, 1.82) is 0 Å². The highest BCUT2D eigenvalue weighted by molar-refractivity contribution is 5.94. The van der Waals surface area contributed by atoms with Gasteiger partial charge in [-0.15, -0.1) is 0 Å². The first-order chi connectivity index (χ1) is 13.0. The molecule has 0 N–H and O–H groups in total. The van der Waals surface area contributed by atoms with Crippen molar-refractivity contribution in [3.63, 3.8) is 0 Å². The second-order valence-corrected chi connectivity index (χ2v) is 6.67. The minimum Gasteiger partial charge on any atom is -0.496 e. The average molecular weight is 370 g/mol. The quantitative estimate of drug-likeness (QED) is 0.831. The molecule has 1 aliphatic heterocycles. The number of hydrogen-bond donors (Lipinski definition) is 0. The van der Waals surface area contributed by atoms with Gasteiger partial charge in [-0.2, -0.15) is 0 Å². The molecule has 2 amide bonds. The van der Waals surface area contributed by atoms with Crippen LogP contribution in [0.2, 0.25) is 0 Å². The van der Waals surface area contributed by atoms with Crippen LogP contribution in [-0.2, 0) is 11.2 Å². The van der Waals surface area contributed by atoms with E-state index in [1.165, 1.54) is 24.3 Å². The third-order valence-electron chi connectivity index (χ3n) is 4.79. The van der Waals surface area contributed by atoms with E-state index < -0.39 is 0 Å². The van der Waals surface area contributed by atoms with E-state index in [0.29, 0.717) is 37.5 Å². The SMILES string of the molecule is COc1ccc(C)cc1CC(=O)N1CCN(C(=O)c2ccc(F)cc2)CC1. The number of amides is 2. The predicted octanol–water partition coefficient (Wildman–Crippen LogP) is 2.67. The number of carbonyl (C=O) groups excluding carboxylic acids is 2. The Morgan fingerprint density at radius 3 is 2.26 bits per heavy atom. The highest BCUT2D eigenvalue weighted by atomic mass is 19.1. The van der Waals surface area contributed by atoms with Crippen molar-refractivity contribution in [3.8, 4) is 5.75 Å². The standard InChI is InChI=1S/C21H23FN2O3/c1-15-3-8-19(27-2)17(13-15)14-20(25)23-9-11-24(12-10-23)21(26)16-4-6-18(22)7-5-16/h3-8,13H,9-12,14H2,1-2H3. The van der Waals surface area contributed by atoms with Crippen LogP contribution in [0, 0.1) is 12.7 Å². The maximum Gasteiger partial charge on any atom is 0.253 e. The fourth-order valence-electron chi connectivity index (χ4n) is 3.25. The third kappa shape index (κ3) is 4.45. The van der Waals surface area contributed by atoms with Crippen LogP contribution >= 0.6 is 0 Å². The molecule has 0 saturated carbocycles. The summed E-state index contributed by atoms with van der Waals surface area (Å²) in [5.41, 5.74) is 2.40. The molecular weight excluding hydrogens is 347 g/mol. The van der Waals surface area contributed by atoms with Crippen LogP contribution in [0.3, 0.4) is 0 Å². The minimum absolute atomic E-state index is 0.0211. The lowest BCUT2D eigenvalue weighted by atomic mass is 10.1. The number of halogens is 1. The topological polar surface area (TPSA) is 49.9 Å². The van der Waals surface area contributed by atoms with Gasteiger partial charge in [-0.05, 0) is 37.3 Å². The molecule has 1 saturated heterocycles. The average Bonchev–Trinajstić information content (AvgIpc) is 2.68. The van der Waals surface area contributed by atoms with Crippen LogP contribution < -0.4 is 4.74 Å². The molecule has 0 radical (unpaired) electrons. The van der Waals surface area contributed by atoms with Crippen molar-refractivity contribution in [2.24, 2.45) is 0 Å². The Morgan fingerprint density at radius 2 is 1.63 bits per heavy atom. The normalized spacial score (nSPS) is 14.2. The molecule has 2 aromatic carbocycles. The summed E-state index contributed by atoms with van der Waals surface area (Å²) < 4.78 is 18.4. The number of hydrogen-bond acceptors (Lipinski definition) is 3. The summed E-state index contributed by atoms with van der Waals surface area (Å²) >= 11 is 0. The smallest absolute Gasteiger partial charge is 0.253 e. The zero-order valence-corrected chi connectivity index (χ0v) is 15.6. The van der Waals surface area contributed by atoms with Crippen molar-refractivity contribution in [2.45, 2.75) is 13.3 Å². The maximum absolute atomic E-state index is 13.0. The van der Waals surface area contributed by atoms with Crippen LogP contribution in [0.5, 0.6) is 5.75 Å². The summed E-state index contributed by atoms with van der Waals surface area (Å²) in [6, 6.07) is 11.3. The van der Waals surface area contributed by atoms with Crippen molar-refractivity contribution >= 4 is 11.8 Å². The number of piperazine rings is 1. The lowest BCUT2D eigenvalue weighted by Crippen LogP contribution is -2.51. The molecule has 1 fully saturated rings. The van der Waals surface area contributed by atoms with E-state index in [-0.39, 0.29) is 24.1 Å². The lowest BCUT2D eigenvalue weighted by molar-refractivity contribution is -0.131. The first-order valence-electron chi connectivity index (χ1n) is 8.94. The Bertz CT molecular complexity index is 828. The first kappa shape index (κ1) is 18.9. The minimum atomic E-state index is -0.367. The van der Waals surface area contributed by atoms with Gasteiger partial charge in [0.15, 0.2) is 0 Å². The molecule has 5 nitrogen and oxygen atoms in total. The van der Waals surface area contributed by atoms with Crippen molar-refractivity contribution in [1.82, 2.24) is 9.80 Å². The van der Waals surface area contributed by atoms with Gasteiger partial charge >= 0.3 is 0 Å². The predicted molar refractivity (Wildman–Crippen MR) is 100 cm³/mol. The van der Waals surface area contributed by atoms with Gasteiger partial charge in [-0.3, -0.25) is 9.59 Å². The molecule has 142 valence electrons. The van der Waals surface area contributed by atoms with Gasteiger partial charge in [0, 0.05) is 37.3 Å². The molecule has 1 heterocycles. The Kier molecular flexibility index (Phi) is 5.74. The Hall–Kier alpha value is -2.89. The van der Waals surface area contributed by atoms with Crippen LogP contribution in [0.4, 0.5) is 4.39 Å². The van der Waals surface area contributed by atoms with Gasteiger partial charge in [-0.1, -0.05) is 17.7 Å². The largest absolute Gasteiger partial charge is 0.496 e. The van der Waals surface area contributed by atoms with Gasteiger partial charge in [0.25, 0.3) is 5.91 Å². The number of ether oxygens (including phenoxy) is 1. The van der Waals surface area contributed by atoms with Gasteiger partial charge in [-0.25, -0.2) is 4.39 Å². The zero-order valence-electron chi connectivity index (χ0n) is 15.6. The summed E-state index contributed by atoms with van der Waals surface area (Å²) in [5, 5.41) is 0. The monoisotopic (exact) mass is 370 g/mol. The van der Waals surface area contributed by atoms with E-state index in [1.54, 1.807) is 16.9 Å². The van der Waals surface area contributed by atoms with E-state index in [1.807, 2.05) is 25.1 Å². The molecule has 0 aliphatic carbocycles. The summed E-state index contributed by atoms with van der Waals surface area (Å²) in [6.45, 7) is 3.88. The molecule has 6 heteroatoms. The van der Waals surface area contributed by atoms with Gasteiger partial charge in [0.05, 0.1) is 13.5 Å². The Labute approximate surface area is 158 Å². The van der Waals surface area contributed by atoms with E-state index in [9.17, 15) is 14.0 Å². The highest BCUT2D eigenvalue weighted by Gasteiger charge is 2.25. The van der Waals surface area contributed by atoms with E-state index >= 15 is 0 Å². The number of nitrogens with zero attached hydrogens (tertiary/aromatic N) is 2. The van der Waals surface area contributed by atoms with Crippen LogP contribution in [0.25, 0.3) is 0 Å². The van der Waals surface area contributed by atoms with Gasteiger partial charge < -0.3 is 14.5 Å². The third-order valence-corrected chi connectivity index (χ3v) is 4.79. The summed E-state index contributed by atoms with van der Waals surface area (Å²) in [4.78, 5) is 28.6. The van der Waals surface area contributed by atoms with E-state index in [0.717, 1.165) is 11.1 Å². The Morgan fingerprint density at radius 1 is 1.00 bits per heavy atom. The summed E-state index contributed by atoms with van der Waals surface area (Å²) in [7, 11) is 1.60. The maximum atomic E-state index is 13.0. The molecular formula is C21H23FN2O3. The van der Waals surface area contributed by atoms with Crippen LogP contribution in [0.1, 0.15) is 21.5 Å². The highest BCUT2D eigenvalue weighted by Crippen LogP contribution is 2.21. The number of benzene rings is 2. The molecule has 3 rings (SSSR count). The van der Waals surface area contributed by atoms with Gasteiger partial charge in [0.1, 0.15) is 11.6 Å². The number of rotatable bonds is 4. The fraction of sp³-hybridized carbons (Fsp3) is 0.333. The van der Waals surface area contributed by atoms with Crippen LogP contribution in [0.15, 0.2) is 42.5 Å². The Balaban J connectivity index is 1.59.